The highest BCUT2D eigenvalue weighted by molar-refractivity contribution is 7.16. The van der Waals surface area contributed by atoms with Crippen molar-refractivity contribution < 1.29 is 4.74 Å². The Labute approximate surface area is 166 Å². The van der Waals surface area contributed by atoms with Crippen molar-refractivity contribution in [1.29, 1.82) is 0 Å². The van der Waals surface area contributed by atoms with Crippen LogP contribution in [0.2, 0.25) is 0 Å². The summed E-state index contributed by atoms with van der Waals surface area (Å²) in [4.78, 5) is 19.4. The Kier molecular flexibility index (Phi) is 5.08. The predicted molar refractivity (Wildman–Crippen MR) is 111 cm³/mol. The van der Waals surface area contributed by atoms with E-state index in [2.05, 4.69) is 27.1 Å². The number of hydrogen-bond acceptors (Lipinski definition) is 6. The third-order valence-electron chi connectivity index (χ3n) is 4.39. The minimum absolute atomic E-state index is 0.149. The molecule has 0 aliphatic rings. The number of methoxy groups -OCH3 is 1. The molecule has 2 heterocycles. The van der Waals surface area contributed by atoms with Crippen molar-refractivity contribution in [3.8, 4) is 5.75 Å². The number of benzene rings is 2. The average molecular weight is 392 g/mol. The molecule has 0 spiro atoms. The van der Waals surface area contributed by atoms with Crippen molar-refractivity contribution in [1.82, 2.24) is 14.6 Å². The Morgan fingerprint density at radius 2 is 1.82 bits per heavy atom. The summed E-state index contributed by atoms with van der Waals surface area (Å²) in [6.07, 6.45) is 0. The minimum Gasteiger partial charge on any atom is -0.497 e. The summed E-state index contributed by atoms with van der Waals surface area (Å²) in [6.45, 7) is 3.12. The van der Waals surface area contributed by atoms with E-state index in [0.717, 1.165) is 23.0 Å². The van der Waals surface area contributed by atoms with Crippen molar-refractivity contribution >= 4 is 22.0 Å². The standard InChI is InChI=1S/C21H20N4O2S/c1-15-12-20(26)25-21(22-15)28-19(23-25)14-24(13-16-6-4-3-5-7-16)17-8-10-18(27-2)11-9-17/h3-12H,13-14H2,1-2H3. The van der Waals surface area contributed by atoms with E-state index in [9.17, 15) is 4.79 Å². The highest BCUT2D eigenvalue weighted by Crippen LogP contribution is 2.24. The summed E-state index contributed by atoms with van der Waals surface area (Å²) in [5.41, 5.74) is 2.81. The zero-order valence-corrected chi connectivity index (χ0v) is 16.5. The minimum atomic E-state index is -0.149. The van der Waals surface area contributed by atoms with Crippen LogP contribution in [-0.2, 0) is 13.1 Å². The maximum atomic E-state index is 12.2. The number of aryl methyl sites for hydroxylation is 1. The molecule has 0 aliphatic carbocycles. The molecule has 2 aromatic heterocycles. The SMILES string of the molecule is COc1ccc(N(Cc2ccccc2)Cc2nn3c(=O)cc(C)nc3s2)cc1. The smallest absolute Gasteiger partial charge is 0.275 e. The number of aromatic nitrogens is 3. The second-order valence-electron chi connectivity index (χ2n) is 6.47. The number of rotatable bonds is 6. The first-order chi connectivity index (χ1) is 13.6. The van der Waals surface area contributed by atoms with Crippen molar-refractivity contribution in [3.63, 3.8) is 0 Å². The van der Waals surface area contributed by atoms with Gasteiger partial charge in [-0.25, -0.2) is 4.98 Å². The topological polar surface area (TPSA) is 59.7 Å². The first kappa shape index (κ1) is 18.2. The fourth-order valence-electron chi connectivity index (χ4n) is 3.02. The van der Waals surface area contributed by atoms with Crippen LogP contribution in [0.3, 0.4) is 0 Å². The van der Waals surface area contributed by atoms with Gasteiger partial charge >= 0.3 is 0 Å². The molecule has 28 heavy (non-hydrogen) atoms. The molecule has 0 saturated heterocycles. The Morgan fingerprint density at radius 3 is 2.54 bits per heavy atom. The first-order valence-electron chi connectivity index (χ1n) is 8.92. The van der Waals surface area contributed by atoms with Crippen LogP contribution < -0.4 is 15.2 Å². The van der Waals surface area contributed by atoms with Gasteiger partial charge in [-0.3, -0.25) is 4.79 Å². The number of fused-ring (bicyclic) bond motifs is 1. The van der Waals surface area contributed by atoms with Gasteiger partial charge in [-0.05, 0) is 36.8 Å². The molecule has 4 rings (SSSR count). The Hall–Kier alpha value is -3.19. The number of nitrogens with zero attached hydrogens (tertiary/aromatic N) is 4. The van der Waals surface area contributed by atoms with Gasteiger partial charge in [0.2, 0.25) is 4.96 Å². The average Bonchev–Trinajstić information content (AvgIpc) is 3.11. The molecule has 2 aromatic carbocycles. The maximum Gasteiger partial charge on any atom is 0.275 e. The van der Waals surface area contributed by atoms with Gasteiger partial charge in [-0.15, -0.1) is 0 Å². The first-order valence-corrected chi connectivity index (χ1v) is 9.73. The zero-order chi connectivity index (χ0) is 19.5. The van der Waals surface area contributed by atoms with Crippen LogP contribution in [0.25, 0.3) is 4.96 Å². The summed E-state index contributed by atoms with van der Waals surface area (Å²) >= 11 is 1.44. The zero-order valence-electron chi connectivity index (χ0n) is 15.7. The molecular formula is C21H20N4O2S. The third-order valence-corrected chi connectivity index (χ3v) is 5.29. The van der Waals surface area contributed by atoms with Gasteiger partial charge in [0.25, 0.3) is 5.56 Å². The lowest BCUT2D eigenvalue weighted by Crippen LogP contribution is -2.22. The summed E-state index contributed by atoms with van der Waals surface area (Å²) in [7, 11) is 1.66. The van der Waals surface area contributed by atoms with Gasteiger partial charge in [-0.1, -0.05) is 41.7 Å². The molecular weight excluding hydrogens is 372 g/mol. The van der Waals surface area contributed by atoms with Crippen LogP contribution in [0.15, 0.2) is 65.5 Å². The fourth-order valence-corrected chi connectivity index (χ4v) is 3.98. The second-order valence-corrected chi connectivity index (χ2v) is 7.51. The highest BCUT2D eigenvalue weighted by atomic mass is 32.1. The third kappa shape index (κ3) is 3.89. The lowest BCUT2D eigenvalue weighted by Gasteiger charge is -2.24. The summed E-state index contributed by atoms with van der Waals surface area (Å²) in [5, 5.41) is 5.32. The van der Waals surface area contributed by atoms with E-state index < -0.39 is 0 Å². The monoisotopic (exact) mass is 392 g/mol. The molecule has 0 fully saturated rings. The van der Waals surface area contributed by atoms with Gasteiger partial charge in [0, 0.05) is 24.0 Å². The molecule has 4 aromatic rings. The Morgan fingerprint density at radius 1 is 1.07 bits per heavy atom. The van der Waals surface area contributed by atoms with E-state index >= 15 is 0 Å². The van der Waals surface area contributed by atoms with Gasteiger partial charge in [0.1, 0.15) is 10.8 Å². The van der Waals surface area contributed by atoms with Crippen molar-refractivity contribution in [2.45, 2.75) is 20.0 Å². The second kappa shape index (κ2) is 7.82. The lowest BCUT2D eigenvalue weighted by atomic mass is 10.2. The van der Waals surface area contributed by atoms with Crippen LogP contribution in [0.5, 0.6) is 5.75 Å². The summed E-state index contributed by atoms with van der Waals surface area (Å²) in [6, 6.07) is 19.7. The number of anilines is 1. The van der Waals surface area contributed by atoms with E-state index in [1.54, 1.807) is 7.11 Å². The van der Waals surface area contributed by atoms with Gasteiger partial charge < -0.3 is 9.64 Å². The van der Waals surface area contributed by atoms with Crippen LogP contribution in [0.4, 0.5) is 5.69 Å². The molecule has 6 nitrogen and oxygen atoms in total. The van der Waals surface area contributed by atoms with E-state index in [1.807, 2.05) is 49.4 Å². The number of hydrogen-bond donors (Lipinski definition) is 0. The molecule has 0 radical (unpaired) electrons. The Bertz CT molecular complexity index is 1140. The van der Waals surface area contributed by atoms with Crippen molar-refractivity contribution in [2.24, 2.45) is 0 Å². The molecule has 0 unspecified atom stereocenters. The van der Waals surface area contributed by atoms with Crippen molar-refractivity contribution in [2.75, 3.05) is 12.0 Å². The van der Waals surface area contributed by atoms with E-state index in [0.29, 0.717) is 17.2 Å². The fraction of sp³-hybridized carbons (Fsp3) is 0.190. The van der Waals surface area contributed by atoms with Gasteiger partial charge in [0.15, 0.2) is 0 Å². The molecule has 0 aliphatic heterocycles. The van der Waals surface area contributed by atoms with E-state index in [-0.39, 0.29) is 5.56 Å². The van der Waals surface area contributed by atoms with Gasteiger partial charge in [0.05, 0.1) is 13.7 Å². The Balaban J connectivity index is 1.68. The van der Waals surface area contributed by atoms with Gasteiger partial charge in [-0.2, -0.15) is 9.61 Å². The maximum absolute atomic E-state index is 12.2. The summed E-state index contributed by atoms with van der Waals surface area (Å²) < 4.78 is 6.65. The van der Waals surface area contributed by atoms with E-state index in [1.165, 1.54) is 27.5 Å². The molecule has 142 valence electrons. The largest absolute Gasteiger partial charge is 0.497 e. The molecule has 0 bridgehead atoms. The molecule has 7 heteroatoms. The van der Waals surface area contributed by atoms with Crippen LogP contribution in [-0.4, -0.2) is 21.7 Å². The van der Waals surface area contributed by atoms with E-state index in [4.69, 9.17) is 4.74 Å². The molecule has 0 atom stereocenters. The van der Waals surface area contributed by atoms with Crippen LogP contribution >= 0.6 is 11.3 Å². The molecule has 0 amide bonds. The highest BCUT2D eigenvalue weighted by Gasteiger charge is 2.14. The van der Waals surface area contributed by atoms with Crippen molar-refractivity contribution in [3.05, 3.63) is 87.3 Å². The lowest BCUT2D eigenvalue weighted by molar-refractivity contribution is 0.415. The normalized spacial score (nSPS) is 10.9. The molecule has 0 N–H and O–H groups in total. The van der Waals surface area contributed by atoms with Crippen LogP contribution in [0, 0.1) is 6.92 Å². The number of ether oxygens (including phenoxy) is 1. The summed E-state index contributed by atoms with van der Waals surface area (Å²) in [5.74, 6) is 0.814. The predicted octanol–water partition coefficient (Wildman–Crippen LogP) is 3.67. The van der Waals surface area contributed by atoms with Crippen LogP contribution in [0.1, 0.15) is 16.3 Å². The quantitative estimate of drug-likeness (QED) is 0.501. The molecule has 0 saturated carbocycles.